The third-order valence-corrected chi connectivity index (χ3v) is 3.68. The molecule has 0 heterocycles. The van der Waals surface area contributed by atoms with Crippen LogP contribution in [0.2, 0.25) is 0 Å². The summed E-state index contributed by atoms with van der Waals surface area (Å²) in [4.78, 5) is 12.1. The van der Waals surface area contributed by atoms with Crippen molar-refractivity contribution >= 4 is 17.3 Å². The molecule has 0 bridgehead atoms. The molecule has 1 amide bonds. The van der Waals surface area contributed by atoms with Crippen LogP contribution in [0.25, 0.3) is 0 Å². The molecular weight excluding hydrogens is 272 g/mol. The molecule has 0 spiro atoms. The molecule has 0 aromatic heterocycles. The third kappa shape index (κ3) is 4.10. The lowest BCUT2D eigenvalue weighted by molar-refractivity contribution is -0.114. The average molecular weight is 296 g/mol. The fourth-order valence-electron chi connectivity index (χ4n) is 2.49. The van der Waals surface area contributed by atoms with Gasteiger partial charge in [0.25, 0.3) is 0 Å². The summed E-state index contributed by atoms with van der Waals surface area (Å²) < 4.78 is 0. The Kier molecular flexibility index (Phi) is 5.21. The number of benzene rings is 2. The molecule has 2 rings (SSSR count). The summed E-state index contributed by atoms with van der Waals surface area (Å²) in [5, 5.41) is 6.19. The lowest BCUT2D eigenvalue weighted by atomic mass is 10.0. The maximum absolute atomic E-state index is 12.1. The van der Waals surface area contributed by atoms with Gasteiger partial charge in [0.15, 0.2) is 0 Å². The van der Waals surface area contributed by atoms with Crippen molar-refractivity contribution < 1.29 is 4.79 Å². The summed E-state index contributed by atoms with van der Waals surface area (Å²) >= 11 is 0. The SMILES string of the molecule is Cc1ccc(NC(=O)CNc2ccccc2C(C)C)c(C)c1. The van der Waals surface area contributed by atoms with E-state index < -0.39 is 0 Å². The van der Waals surface area contributed by atoms with Gasteiger partial charge in [-0.3, -0.25) is 4.79 Å². The summed E-state index contributed by atoms with van der Waals surface area (Å²) in [6, 6.07) is 14.1. The van der Waals surface area contributed by atoms with Gasteiger partial charge in [-0.15, -0.1) is 0 Å². The van der Waals surface area contributed by atoms with Crippen LogP contribution < -0.4 is 10.6 Å². The van der Waals surface area contributed by atoms with E-state index in [9.17, 15) is 4.79 Å². The Balaban J connectivity index is 1.99. The molecule has 0 aliphatic carbocycles. The van der Waals surface area contributed by atoms with Crippen LogP contribution >= 0.6 is 0 Å². The number of rotatable bonds is 5. The number of aryl methyl sites for hydroxylation is 2. The van der Waals surface area contributed by atoms with E-state index in [0.29, 0.717) is 5.92 Å². The number of amides is 1. The van der Waals surface area contributed by atoms with E-state index in [0.717, 1.165) is 16.9 Å². The van der Waals surface area contributed by atoms with Crippen LogP contribution in [-0.2, 0) is 4.79 Å². The number of para-hydroxylation sites is 1. The zero-order chi connectivity index (χ0) is 16.1. The van der Waals surface area contributed by atoms with Crippen molar-refractivity contribution in [3.8, 4) is 0 Å². The average Bonchev–Trinajstić information content (AvgIpc) is 2.48. The predicted molar refractivity (Wildman–Crippen MR) is 93.6 cm³/mol. The summed E-state index contributed by atoms with van der Waals surface area (Å²) in [6.07, 6.45) is 0. The molecule has 22 heavy (non-hydrogen) atoms. The minimum absolute atomic E-state index is 0.0366. The summed E-state index contributed by atoms with van der Waals surface area (Å²) in [6.45, 7) is 8.61. The van der Waals surface area contributed by atoms with Gasteiger partial charge < -0.3 is 10.6 Å². The van der Waals surface area contributed by atoms with Gasteiger partial charge in [0.05, 0.1) is 6.54 Å². The third-order valence-electron chi connectivity index (χ3n) is 3.68. The standard InChI is InChI=1S/C19H24N2O/c1-13(2)16-7-5-6-8-18(16)20-12-19(22)21-17-10-9-14(3)11-15(17)4/h5-11,13,20H,12H2,1-4H3,(H,21,22). The number of carbonyl (C=O) groups is 1. The highest BCUT2D eigenvalue weighted by Crippen LogP contribution is 2.23. The first kappa shape index (κ1) is 16.1. The molecule has 3 heteroatoms. The van der Waals surface area contributed by atoms with Crippen molar-refractivity contribution in [2.75, 3.05) is 17.2 Å². The normalized spacial score (nSPS) is 10.6. The molecular formula is C19H24N2O. The second-order valence-electron chi connectivity index (χ2n) is 5.96. The fraction of sp³-hybridized carbons (Fsp3) is 0.316. The largest absolute Gasteiger partial charge is 0.376 e. The Bertz CT molecular complexity index is 662. The smallest absolute Gasteiger partial charge is 0.243 e. The number of carbonyl (C=O) groups excluding carboxylic acids is 1. The Labute approximate surface area is 132 Å². The van der Waals surface area contributed by atoms with E-state index >= 15 is 0 Å². The van der Waals surface area contributed by atoms with Crippen molar-refractivity contribution in [1.29, 1.82) is 0 Å². The minimum atomic E-state index is -0.0366. The lowest BCUT2D eigenvalue weighted by Gasteiger charge is -2.15. The first-order valence-electron chi connectivity index (χ1n) is 7.67. The van der Waals surface area contributed by atoms with Crippen LogP contribution in [0.3, 0.4) is 0 Å². The van der Waals surface area contributed by atoms with Gasteiger partial charge in [-0.1, -0.05) is 49.7 Å². The van der Waals surface area contributed by atoms with Gasteiger partial charge in [-0.05, 0) is 43.0 Å². The number of hydrogen-bond donors (Lipinski definition) is 2. The lowest BCUT2D eigenvalue weighted by Crippen LogP contribution is -2.22. The van der Waals surface area contributed by atoms with Crippen LogP contribution in [0.5, 0.6) is 0 Å². The van der Waals surface area contributed by atoms with E-state index in [4.69, 9.17) is 0 Å². The molecule has 0 atom stereocenters. The molecule has 2 aromatic rings. The van der Waals surface area contributed by atoms with E-state index in [-0.39, 0.29) is 12.5 Å². The van der Waals surface area contributed by atoms with E-state index in [1.54, 1.807) is 0 Å². The highest BCUT2D eigenvalue weighted by atomic mass is 16.1. The van der Waals surface area contributed by atoms with Crippen molar-refractivity contribution in [3.05, 3.63) is 59.2 Å². The van der Waals surface area contributed by atoms with E-state index in [1.807, 2.05) is 44.2 Å². The van der Waals surface area contributed by atoms with Gasteiger partial charge in [0, 0.05) is 11.4 Å². The van der Waals surface area contributed by atoms with Crippen LogP contribution in [0, 0.1) is 13.8 Å². The maximum atomic E-state index is 12.1. The number of hydrogen-bond acceptors (Lipinski definition) is 2. The molecule has 0 unspecified atom stereocenters. The fourth-order valence-corrected chi connectivity index (χ4v) is 2.49. The predicted octanol–water partition coefficient (Wildman–Crippen LogP) is 4.48. The van der Waals surface area contributed by atoms with Crippen LogP contribution in [0.1, 0.15) is 36.5 Å². The molecule has 0 aliphatic rings. The Hall–Kier alpha value is -2.29. The number of anilines is 2. The monoisotopic (exact) mass is 296 g/mol. The highest BCUT2D eigenvalue weighted by Gasteiger charge is 2.08. The van der Waals surface area contributed by atoms with Crippen LogP contribution in [0.15, 0.2) is 42.5 Å². The summed E-state index contributed by atoms with van der Waals surface area (Å²) in [5.41, 5.74) is 5.39. The minimum Gasteiger partial charge on any atom is -0.376 e. The quantitative estimate of drug-likeness (QED) is 0.854. The van der Waals surface area contributed by atoms with Gasteiger partial charge in [0.2, 0.25) is 5.91 Å². The molecule has 0 fully saturated rings. The van der Waals surface area contributed by atoms with Gasteiger partial charge >= 0.3 is 0 Å². The van der Waals surface area contributed by atoms with Gasteiger partial charge in [-0.25, -0.2) is 0 Å². The molecule has 2 aromatic carbocycles. The number of nitrogens with one attached hydrogen (secondary N) is 2. The molecule has 3 nitrogen and oxygen atoms in total. The summed E-state index contributed by atoms with van der Waals surface area (Å²) in [7, 11) is 0. The van der Waals surface area contributed by atoms with Crippen molar-refractivity contribution in [2.24, 2.45) is 0 Å². The van der Waals surface area contributed by atoms with Crippen LogP contribution in [0.4, 0.5) is 11.4 Å². The highest BCUT2D eigenvalue weighted by molar-refractivity contribution is 5.94. The molecule has 116 valence electrons. The molecule has 2 N–H and O–H groups in total. The topological polar surface area (TPSA) is 41.1 Å². The van der Waals surface area contributed by atoms with Crippen molar-refractivity contribution in [2.45, 2.75) is 33.6 Å². The molecule has 0 aliphatic heterocycles. The first-order valence-corrected chi connectivity index (χ1v) is 7.67. The van der Waals surface area contributed by atoms with E-state index in [1.165, 1.54) is 11.1 Å². The Morgan fingerprint density at radius 3 is 2.45 bits per heavy atom. The van der Waals surface area contributed by atoms with Crippen molar-refractivity contribution in [1.82, 2.24) is 0 Å². The van der Waals surface area contributed by atoms with Gasteiger partial charge in [0.1, 0.15) is 0 Å². The Morgan fingerprint density at radius 2 is 1.77 bits per heavy atom. The second kappa shape index (κ2) is 7.12. The first-order chi connectivity index (χ1) is 10.5. The molecule has 0 radical (unpaired) electrons. The van der Waals surface area contributed by atoms with Gasteiger partial charge in [-0.2, -0.15) is 0 Å². The zero-order valence-electron chi connectivity index (χ0n) is 13.7. The second-order valence-corrected chi connectivity index (χ2v) is 5.96. The van der Waals surface area contributed by atoms with Crippen molar-refractivity contribution in [3.63, 3.8) is 0 Å². The van der Waals surface area contributed by atoms with Crippen LogP contribution in [-0.4, -0.2) is 12.5 Å². The zero-order valence-corrected chi connectivity index (χ0v) is 13.7. The molecule has 0 saturated carbocycles. The Morgan fingerprint density at radius 1 is 1.05 bits per heavy atom. The summed E-state index contributed by atoms with van der Waals surface area (Å²) in [5.74, 6) is 0.386. The maximum Gasteiger partial charge on any atom is 0.243 e. The van der Waals surface area contributed by atoms with E-state index in [2.05, 4.69) is 36.6 Å². The molecule has 0 saturated heterocycles.